The number of carbonyl (C=O) groups is 2. The third kappa shape index (κ3) is 5.28. The van der Waals surface area contributed by atoms with Gasteiger partial charge in [-0.25, -0.2) is 14.0 Å². The molecule has 2 amide bonds. The monoisotopic (exact) mass is 308 g/mol. The number of hydrogen-bond donors (Lipinski definition) is 2. The summed E-state index contributed by atoms with van der Waals surface area (Å²) in [7, 11) is 1.11. The van der Waals surface area contributed by atoms with Crippen molar-refractivity contribution in [2.24, 2.45) is 0 Å². The Balaban J connectivity index is 2.78. The van der Waals surface area contributed by atoms with Gasteiger partial charge < -0.3 is 15.3 Å². The van der Waals surface area contributed by atoms with E-state index in [-0.39, 0.29) is 11.3 Å². The highest BCUT2D eigenvalue weighted by molar-refractivity contribution is 5.99. The van der Waals surface area contributed by atoms with Crippen LogP contribution in [0.15, 0.2) is 18.2 Å². The molecule has 1 rings (SSSR count). The van der Waals surface area contributed by atoms with Crippen molar-refractivity contribution < 1.29 is 32.3 Å². The standard InChI is InChI=1S/C12H12F4N2O3/c1-18(5-4-12(14,15)16)11(21)17-9-6-7(13)2-3-8(9)10(19)20/h2-3,6H,4-5H2,1H3,(H,17,21)(H,19,20). The number of urea groups is 1. The molecular formula is C12H12F4N2O3. The van der Waals surface area contributed by atoms with Gasteiger partial charge in [-0.2, -0.15) is 13.2 Å². The first-order valence-electron chi connectivity index (χ1n) is 5.72. The molecule has 0 fully saturated rings. The van der Waals surface area contributed by atoms with E-state index in [1.807, 2.05) is 0 Å². The molecule has 0 heterocycles. The van der Waals surface area contributed by atoms with Crippen LogP contribution >= 0.6 is 0 Å². The average molecular weight is 308 g/mol. The lowest BCUT2D eigenvalue weighted by Crippen LogP contribution is -2.34. The predicted molar refractivity (Wildman–Crippen MR) is 65.7 cm³/mol. The Bertz CT molecular complexity index is 546. The maximum atomic E-state index is 13.1. The minimum absolute atomic E-state index is 0.327. The van der Waals surface area contributed by atoms with E-state index in [1.165, 1.54) is 0 Å². The van der Waals surface area contributed by atoms with Crippen LogP contribution in [0.4, 0.5) is 28.0 Å². The molecule has 0 radical (unpaired) electrons. The summed E-state index contributed by atoms with van der Waals surface area (Å²) in [5, 5.41) is 10.9. The zero-order valence-corrected chi connectivity index (χ0v) is 10.9. The number of hydrogen-bond acceptors (Lipinski definition) is 2. The number of carbonyl (C=O) groups excluding carboxylic acids is 1. The number of aromatic carboxylic acids is 1. The molecule has 0 aliphatic carbocycles. The summed E-state index contributed by atoms with van der Waals surface area (Å²) in [6.07, 6.45) is -5.62. The molecule has 0 spiro atoms. The third-order valence-corrected chi connectivity index (χ3v) is 2.53. The number of carboxylic acid groups (broad SMARTS) is 1. The molecule has 0 atom stereocenters. The first kappa shape index (κ1) is 16.7. The third-order valence-electron chi connectivity index (χ3n) is 2.53. The van der Waals surface area contributed by atoms with Crippen LogP contribution in [0.2, 0.25) is 0 Å². The fourth-order valence-corrected chi connectivity index (χ4v) is 1.41. The highest BCUT2D eigenvalue weighted by atomic mass is 19.4. The van der Waals surface area contributed by atoms with E-state index in [2.05, 4.69) is 5.32 Å². The number of carboxylic acids is 1. The van der Waals surface area contributed by atoms with Crippen LogP contribution in [-0.4, -0.2) is 41.8 Å². The van der Waals surface area contributed by atoms with Gasteiger partial charge in [0.1, 0.15) is 5.82 Å². The Hall–Kier alpha value is -2.32. The molecule has 0 aromatic heterocycles. The summed E-state index contributed by atoms with van der Waals surface area (Å²) >= 11 is 0. The highest BCUT2D eigenvalue weighted by Gasteiger charge is 2.28. The summed E-state index contributed by atoms with van der Waals surface area (Å²) in [6.45, 7) is -0.604. The topological polar surface area (TPSA) is 69.6 Å². The zero-order valence-electron chi connectivity index (χ0n) is 10.9. The van der Waals surface area contributed by atoms with Crippen molar-refractivity contribution in [3.8, 4) is 0 Å². The van der Waals surface area contributed by atoms with Gasteiger partial charge in [-0.05, 0) is 18.2 Å². The highest BCUT2D eigenvalue weighted by Crippen LogP contribution is 2.20. The van der Waals surface area contributed by atoms with Gasteiger partial charge in [0.05, 0.1) is 17.7 Å². The minimum atomic E-state index is -4.42. The molecular weight excluding hydrogens is 296 g/mol. The summed E-state index contributed by atoms with van der Waals surface area (Å²) in [6, 6.07) is 1.65. The fourth-order valence-electron chi connectivity index (χ4n) is 1.41. The molecule has 1 aromatic carbocycles. The Kier molecular flexibility index (Phi) is 5.12. The molecule has 116 valence electrons. The van der Waals surface area contributed by atoms with E-state index in [1.54, 1.807) is 0 Å². The van der Waals surface area contributed by atoms with Gasteiger partial charge in [0.2, 0.25) is 0 Å². The van der Waals surface area contributed by atoms with Crippen LogP contribution < -0.4 is 5.32 Å². The molecule has 1 aromatic rings. The van der Waals surface area contributed by atoms with Crippen molar-refractivity contribution in [2.75, 3.05) is 18.9 Å². The van der Waals surface area contributed by atoms with Crippen LogP contribution in [0.3, 0.4) is 0 Å². The lowest BCUT2D eigenvalue weighted by Gasteiger charge is -2.19. The van der Waals surface area contributed by atoms with E-state index in [4.69, 9.17) is 5.11 Å². The average Bonchev–Trinajstić information content (AvgIpc) is 2.34. The number of rotatable bonds is 4. The number of alkyl halides is 3. The van der Waals surface area contributed by atoms with E-state index >= 15 is 0 Å². The number of nitrogens with zero attached hydrogens (tertiary/aromatic N) is 1. The van der Waals surface area contributed by atoms with Crippen molar-refractivity contribution >= 4 is 17.7 Å². The van der Waals surface area contributed by atoms with Crippen molar-refractivity contribution in [2.45, 2.75) is 12.6 Å². The largest absolute Gasteiger partial charge is 0.478 e. The number of nitrogens with one attached hydrogen (secondary N) is 1. The Morgan fingerprint density at radius 1 is 1.33 bits per heavy atom. The summed E-state index contributed by atoms with van der Waals surface area (Å²) in [5.41, 5.74) is -0.694. The van der Waals surface area contributed by atoms with Crippen LogP contribution in [0.5, 0.6) is 0 Å². The van der Waals surface area contributed by atoms with Crippen LogP contribution in [0.1, 0.15) is 16.8 Å². The molecule has 0 unspecified atom stereocenters. The lowest BCUT2D eigenvalue weighted by atomic mass is 10.2. The maximum Gasteiger partial charge on any atom is 0.390 e. The molecule has 0 saturated heterocycles. The number of anilines is 1. The Morgan fingerprint density at radius 3 is 2.48 bits per heavy atom. The SMILES string of the molecule is CN(CCC(F)(F)F)C(=O)Nc1cc(F)ccc1C(=O)O. The first-order chi connectivity index (χ1) is 9.60. The van der Waals surface area contributed by atoms with E-state index in [9.17, 15) is 27.2 Å². The molecule has 2 N–H and O–H groups in total. The minimum Gasteiger partial charge on any atom is -0.478 e. The van der Waals surface area contributed by atoms with Gasteiger partial charge in [0, 0.05) is 13.6 Å². The van der Waals surface area contributed by atoms with Crippen molar-refractivity contribution in [3.05, 3.63) is 29.6 Å². The maximum absolute atomic E-state index is 13.1. The van der Waals surface area contributed by atoms with Gasteiger partial charge in [0.15, 0.2) is 0 Å². The van der Waals surface area contributed by atoms with E-state index in [0.29, 0.717) is 0 Å². The van der Waals surface area contributed by atoms with Crippen molar-refractivity contribution in [1.29, 1.82) is 0 Å². The van der Waals surface area contributed by atoms with Crippen LogP contribution in [-0.2, 0) is 0 Å². The second-order valence-corrected chi connectivity index (χ2v) is 4.21. The number of benzene rings is 1. The number of halogens is 4. The van der Waals surface area contributed by atoms with Crippen molar-refractivity contribution in [3.63, 3.8) is 0 Å². The second-order valence-electron chi connectivity index (χ2n) is 4.21. The number of amides is 2. The van der Waals surface area contributed by atoms with Crippen LogP contribution in [0, 0.1) is 5.82 Å². The quantitative estimate of drug-likeness (QED) is 0.840. The lowest BCUT2D eigenvalue weighted by molar-refractivity contribution is -0.135. The molecule has 9 heteroatoms. The molecule has 0 aliphatic heterocycles. The first-order valence-corrected chi connectivity index (χ1v) is 5.72. The fraction of sp³-hybridized carbons (Fsp3) is 0.333. The van der Waals surface area contributed by atoms with Crippen LogP contribution in [0.25, 0.3) is 0 Å². The predicted octanol–water partition coefficient (Wildman–Crippen LogP) is 2.94. The normalized spacial score (nSPS) is 11.1. The Labute approximate surface area is 117 Å². The zero-order chi connectivity index (χ0) is 16.2. The van der Waals surface area contributed by atoms with E-state index < -0.39 is 37.0 Å². The van der Waals surface area contributed by atoms with Gasteiger partial charge >= 0.3 is 18.2 Å². The van der Waals surface area contributed by atoms with E-state index in [0.717, 1.165) is 30.1 Å². The van der Waals surface area contributed by atoms with Gasteiger partial charge in [-0.3, -0.25) is 0 Å². The van der Waals surface area contributed by atoms with Gasteiger partial charge in [0.25, 0.3) is 0 Å². The summed E-state index contributed by atoms with van der Waals surface area (Å²) in [5.74, 6) is -2.18. The molecule has 0 aliphatic rings. The van der Waals surface area contributed by atoms with Crippen molar-refractivity contribution in [1.82, 2.24) is 4.90 Å². The summed E-state index contributed by atoms with van der Waals surface area (Å²) in [4.78, 5) is 23.3. The second kappa shape index (κ2) is 6.42. The molecule has 5 nitrogen and oxygen atoms in total. The van der Waals surface area contributed by atoms with Gasteiger partial charge in [-0.1, -0.05) is 0 Å². The molecule has 0 bridgehead atoms. The molecule has 21 heavy (non-hydrogen) atoms. The smallest absolute Gasteiger partial charge is 0.390 e. The Morgan fingerprint density at radius 2 is 1.95 bits per heavy atom. The molecule has 0 saturated carbocycles. The summed E-state index contributed by atoms with van der Waals surface area (Å²) < 4.78 is 49.2. The van der Waals surface area contributed by atoms with Gasteiger partial charge in [-0.15, -0.1) is 0 Å².